The summed E-state index contributed by atoms with van der Waals surface area (Å²) in [5.74, 6) is 0.0405. The third-order valence-corrected chi connectivity index (χ3v) is 2.11. The topological polar surface area (TPSA) is 46.2 Å². The van der Waals surface area contributed by atoms with Crippen LogP contribution in [0, 0.1) is 0 Å². The summed E-state index contributed by atoms with van der Waals surface area (Å²) in [6, 6.07) is 7.01. The van der Waals surface area contributed by atoms with Crippen LogP contribution in [-0.2, 0) is 4.79 Å². The third kappa shape index (κ3) is 3.20. The van der Waals surface area contributed by atoms with Gasteiger partial charge in [-0.3, -0.25) is 9.59 Å². The number of amides is 1. The fourth-order valence-electron chi connectivity index (χ4n) is 1.22. The normalized spacial score (nSPS) is 9.73. The first-order valence-electron chi connectivity index (χ1n) is 5.10. The van der Waals surface area contributed by atoms with Crippen molar-refractivity contribution in [3.8, 4) is 0 Å². The predicted octanol–water partition coefficient (Wildman–Crippen LogP) is 2.63. The summed E-state index contributed by atoms with van der Waals surface area (Å²) in [6.07, 6.45) is 0.914. The van der Waals surface area contributed by atoms with Gasteiger partial charge in [-0.15, -0.1) is 0 Å². The lowest BCUT2D eigenvalue weighted by atomic mass is 10.1. The monoisotopic (exact) mass is 205 g/mol. The molecule has 0 saturated heterocycles. The van der Waals surface area contributed by atoms with Gasteiger partial charge in [0.25, 0.3) is 0 Å². The second-order valence-electron chi connectivity index (χ2n) is 3.26. The first kappa shape index (κ1) is 11.4. The lowest BCUT2D eigenvalue weighted by Gasteiger charge is -2.05. The van der Waals surface area contributed by atoms with E-state index in [0.29, 0.717) is 24.1 Å². The largest absolute Gasteiger partial charge is 0.326 e. The number of hydrogen-bond acceptors (Lipinski definition) is 2. The van der Waals surface area contributed by atoms with E-state index >= 15 is 0 Å². The highest BCUT2D eigenvalue weighted by atomic mass is 16.1. The minimum Gasteiger partial charge on any atom is -0.326 e. The number of ketones is 1. The number of nitrogens with one attached hydrogen (secondary N) is 1. The van der Waals surface area contributed by atoms with Crippen molar-refractivity contribution < 1.29 is 9.59 Å². The maximum Gasteiger partial charge on any atom is 0.224 e. The molecule has 1 aromatic carbocycles. The number of Topliss-reactive ketones (excluding diaryl/α,β-unsaturated/α-hetero) is 1. The Morgan fingerprint density at radius 1 is 1.20 bits per heavy atom. The molecule has 15 heavy (non-hydrogen) atoms. The lowest BCUT2D eigenvalue weighted by Crippen LogP contribution is -2.10. The van der Waals surface area contributed by atoms with Gasteiger partial charge in [-0.05, 0) is 12.1 Å². The van der Waals surface area contributed by atoms with E-state index in [1.807, 2.05) is 6.92 Å². The van der Waals surface area contributed by atoms with E-state index in [1.165, 1.54) is 0 Å². The van der Waals surface area contributed by atoms with Gasteiger partial charge in [-0.25, -0.2) is 0 Å². The van der Waals surface area contributed by atoms with E-state index in [2.05, 4.69) is 5.32 Å². The second kappa shape index (κ2) is 5.29. The number of hydrogen-bond donors (Lipinski definition) is 1. The van der Waals surface area contributed by atoms with Crippen molar-refractivity contribution in [2.45, 2.75) is 26.7 Å². The molecule has 0 radical (unpaired) electrons. The van der Waals surface area contributed by atoms with E-state index in [9.17, 15) is 9.59 Å². The summed E-state index contributed by atoms with van der Waals surface area (Å²) in [5.41, 5.74) is 1.33. The Morgan fingerprint density at radius 2 is 1.93 bits per heavy atom. The molecule has 0 heterocycles. The van der Waals surface area contributed by atoms with Crippen LogP contribution in [0.15, 0.2) is 24.3 Å². The molecular weight excluding hydrogens is 190 g/mol. The van der Waals surface area contributed by atoms with Gasteiger partial charge in [-0.2, -0.15) is 0 Å². The minimum absolute atomic E-state index is 0.0453. The van der Waals surface area contributed by atoms with Crippen LogP contribution < -0.4 is 5.32 Å². The van der Waals surface area contributed by atoms with Crippen LogP contribution in [0.5, 0.6) is 0 Å². The number of rotatable bonds is 4. The smallest absolute Gasteiger partial charge is 0.224 e. The summed E-state index contributed by atoms with van der Waals surface area (Å²) in [4.78, 5) is 22.5. The van der Waals surface area contributed by atoms with E-state index in [4.69, 9.17) is 0 Å². The third-order valence-electron chi connectivity index (χ3n) is 2.11. The number of carbonyl (C=O) groups excluding carboxylic acids is 2. The van der Waals surface area contributed by atoms with Crippen molar-refractivity contribution in [3.63, 3.8) is 0 Å². The van der Waals surface area contributed by atoms with Crippen molar-refractivity contribution in [2.75, 3.05) is 5.32 Å². The molecule has 1 N–H and O–H groups in total. The maximum absolute atomic E-state index is 11.4. The van der Waals surface area contributed by atoms with E-state index in [1.54, 1.807) is 31.2 Å². The highest BCUT2D eigenvalue weighted by Gasteiger charge is 2.04. The van der Waals surface area contributed by atoms with Crippen molar-refractivity contribution in [1.82, 2.24) is 0 Å². The van der Waals surface area contributed by atoms with Crippen LogP contribution >= 0.6 is 0 Å². The van der Waals surface area contributed by atoms with Crippen molar-refractivity contribution in [3.05, 3.63) is 29.8 Å². The molecular formula is C12H15NO2. The molecule has 0 atom stereocenters. The van der Waals surface area contributed by atoms with Crippen LogP contribution in [-0.4, -0.2) is 11.7 Å². The SMILES string of the molecule is CCC(=O)Nc1cccc(C(=O)CC)c1. The highest BCUT2D eigenvalue weighted by molar-refractivity contribution is 5.98. The lowest BCUT2D eigenvalue weighted by molar-refractivity contribution is -0.115. The predicted molar refractivity (Wildman–Crippen MR) is 60.0 cm³/mol. The van der Waals surface area contributed by atoms with E-state index < -0.39 is 0 Å². The Labute approximate surface area is 89.5 Å². The average Bonchev–Trinajstić information content (AvgIpc) is 2.28. The average molecular weight is 205 g/mol. The molecule has 0 unspecified atom stereocenters. The standard InChI is InChI=1S/C12H15NO2/c1-3-11(14)9-6-5-7-10(8-9)13-12(15)4-2/h5-8H,3-4H2,1-2H3,(H,13,15). The molecule has 0 bridgehead atoms. The molecule has 0 aliphatic rings. The molecule has 0 fully saturated rings. The van der Waals surface area contributed by atoms with Gasteiger partial charge >= 0.3 is 0 Å². The second-order valence-corrected chi connectivity index (χ2v) is 3.26. The Balaban J connectivity index is 2.83. The van der Waals surface area contributed by atoms with Crippen LogP contribution in [0.3, 0.4) is 0 Å². The molecule has 0 aliphatic heterocycles. The molecule has 0 aliphatic carbocycles. The number of anilines is 1. The summed E-state index contributed by atoms with van der Waals surface area (Å²) >= 11 is 0. The van der Waals surface area contributed by atoms with Gasteiger partial charge < -0.3 is 5.32 Å². The van der Waals surface area contributed by atoms with Gasteiger partial charge in [0.1, 0.15) is 0 Å². The van der Waals surface area contributed by atoms with Gasteiger partial charge in [0.15, 0.2) is 5.78 Å². The summed E-state index contributed by atoms with van der Waals surface area (Å²) < 4.78 is 0. The number of benzene rings is 1. The zero-order valence-electron chi connectivity index (χ0n) is 9.04. The summed E-state index contributed by atoms with van der Waals surface area (Å²) in [5, 5.41) is 2.72. The molecule has 1 rings (SSSR count). The highest BCUT2D eigenvalue weighted by Crippen LogP contribution is 2.12. The first-order chi connectivity index (χ1) is 7.17. The van der Waals surface area contributed by atoms with Crippen LogP contribution in [0.4, 0.5) is 5.69 Å². The first-order valence-corrected chi connectivity index (χ1v) is 5.10. The summed E-state index contributed by atoms with van der Waals surface area (Å²) in [6.45, 7) is 3.61. The van der Waals surface area contributed by atoms with Gasteiger partial charge in [0.05, 0.1) is 0 Å². The van der Waals surface area contributed by atoms with Crippen molar-refractivity contribution in [2.24, 2.45) is 0 Å². The van der Waals surface area contributed by atoms with Crippen molar-refractivity contribution >= 4 is 17.4 Å². The fraction of sp³-hybridized carbons (Fsp3) is 0.333. The van der Waals surface area contributed by atoms with E-state index in [0.717, 1.165) is 0 Å². The molecule has 0 spiro atoms. The van der Waals surface area contributed by atoms with Gasteiger partial charge in [0.2, 0.25) is 5.91 Å². The Bertz CT molecular complexity index is 372. The molecule has 3 heteroatoms. The quantitative estimate of drug-likeness (QED) is 0.768. The zero-order valence-corrected chi connectivity index (χ0v) is 9.04. The molecule has 3 nitrogen and oxygen atoms in total. The Kier molecular flexibility index (Phi) is 4.03. The van der Waals surface area contributed by atoms with Gasteiger partial charge in [0, 0.05) is 24.1 Å². The van der Waals surface area contributed by atoms with Crippen LogP contribution in [0.2, 0.25) is 0 Å². The number of carbonyl (C=O) groups is 2. The Hall–Kier alpha value is -1.64. The van der Waals surface area contributed by atoms with Crippen molar-refractivity contribution in [1.29, 1.82) is 0 Å². The molecule has 1 aromatic rings. The zero-order chi connectivity index (χ0) is 11.3. The summed E-state index contributed by atoms with van der Waals surface area (Å²) in [7, 11) is 0. The maximum atomic E-state index is 11.4. The minimum atomic E-state index is -0.0453. The van der Waals surface area contributed by atoms with Crippen LogP contribution in [0.1, 0.15) is 37.0 Å². The molecule has 0 saturated carbocycles. The molecule has 0 aromatic heterocycles. The van der Waals surface area contributed by atoms with E-state index in [-0.39, 0.29) is 11.7 Å². The molecule has 80 valence electrons. The Morgan fingerprint density at radius 3 is 2.53 bits per heavy atom. The van der Waals surface area contributed by atoms with Gasteiger partial charge in [-0.1, -0.05) is 26.0 Å². The fourth-order valence-corrected chi connectivity index (χ4v) is 1.22. The molecule has 1 amide bonds. The van der Waals surface area contributed by atoms with Crippen LogP contribution in [0.25, 0.3) is 0 Å².